The van der Waals surface area contributed by atoms with E-state index < -0.39 is 6.09 Å². The average Bonchev–Trinajstić information content (AvgIpc) is 2.40. The molecule has 18 heavy (non-hydrogen) atoms. The molecule has 1 fully saturated rings. The van der Waals surface area contributed by atoms with Crippen molar-refractivity contribution in [1.29, 1.82) is 0 Å². The minimum Gasteiger partial charge on any atom is -0.298 e. The van der Waals surface area contributed by atoms with Crippen LogP contribution in [-0.4, -0.2) is 11.8 Å². The fourth-order valence-corrected chi connectivity index (χ4v) is 1.83. The Morgan fingerprint density at radius 1 is 1.17 bits per heavy atom. The van der Waals surface area contributed by atoms with Crippen LogP contribution in [0.3, 0.4) is 0 Å². The highest BCUT2D eigenvalue weighted by molar-refractivity contribution is 5.87. The molecule has 0 heterocycles. The summed E-state index contributed by atoms with van der Waals surface area (Å²) in [5.74, 6) is -0.351. The van der Waals surface area contributed by atoms with E-state index in [1.165, 1.54) is 30.7 Å². The Hall–Kier alpha value is -1.91. The average molecular weight is 250 g/mol. The van der Waals surface area contributed by atoms with Gasteiger partial charge in [-0.25, -0.2) is 9.18 Å². The molecular formula is C13H15FN2O2. The number of nitrogens with one attached hydrogen (secondary N) is 1. The Morgan fingerprint density at radius 2 is 1.83 bits per heavy atom. The molecule has 0 aliphatic heterocycles. The Morgan fingerprint density at radius 3 is 2.50 bits per heavy atom. The van der Waals surface area contributed by atoms with Crippen LogP contribution in [0.15, 0.2) is 29.4 Å². The quantitative estimate of drug-likeness (QED) is 0.642. The third-order valence-electron chi connectivity index (χ3n) is 2.78. The lowest BCUT2D eigenvalue weighted by Crippen LogP contribution is -2.13. The number of carbonyl (C=O) groups excluding carboxylic acids is 1. The minimum atomic E-state index is -0.653. The van der Waals surface area contributed by atoms with Crippen LogP contribution >= 0.6 is 0 Å². The summed E-state index contributed by atoms with van der Waals surface area (Å²) < 4.78 is 12.6. The summed E-state index contributed by atoms with van der Waals surface area (Å²) in [5.41, 5.74) is 1.40. The van der Waals surface area contributed by atoms with Gasteiger partial charge >= 0.3 is 6.09 Å². The second-order valence-electron chi connectivity index (χ2n) is 4.23. The van der Waals surface area contributed by atoms with Crippen LogP contribution in [0.5, 0.6) is 0 Å². The van der Waals surface area contributed by atoms with Crippen molar-refractivity contribution in [2.45, 2.75) is 32.1 Å². The molecule has 4 nitrogen and oxygen atoms in total. The Bertz CT molecular complexity index is 435. The maximum Gasteiger partial charge on any atom is 0.437 e. The van der Waals surface area contributed by atoms with E-state index >= 15 is 0 Å². The van der Waals surface area contributed by atoms with E-state index in [2.05, 4.69) is 10.5 Å². The minimum absolute atomic E-state index is 0.351. The van der Waals surface area contributed by atoms with Crippen LogP contribution in [0.25, 0.3) is 0 Å². The van der Waals surface area contributed by atoms with Gasteiger partial charge in [0.2, 0.25) is 0 Å². The maximum atomic E-state index is 12.6. The second kappa shape index (κ2) is 6.14. The number of amides is 1. The van der Waals surface area contributed by atoms with Gasteiger partial charge in [0.15, 0.2) is 0 Å². The molecule has 0 aromatic heterocycles. The molecule has 1 aromatic carbocycles. The van der Waals surface area contributed by atoms with E-state index in [0.29, 0.717) is 5.69 Å². The molecule has 0 saturated heterocycles. The Balaban J connectivity index is 1.83. The summed E-state index contributed by atoms with van der Waals surface area (Å²) in [6.45, 7) is 0. The largest absolute Gasteiger partial charge is 0.437 e. The van der Waals surface area contributed by atoms with Crippen LogP contribution in [0.1, 0.15) is 32.1 Å². The van der Waals surface area contributed by atoms with Crippen molar-refractivity contribution in [3.63, 3.8) is 0 Å². The molecule has 1 aromatic rings. The SMILES string of the molecule is O=C(Nc1ccc(F)cc1)ON=C1CCCCC1. The first-order chi connectivity index (χ1) is 8.74. The topological polar surface area (TPSA) is 50.7 Å². The summed E-state index contributed by atoms with van der Waals surface area (Å²) >= 11 is 0. The molecule has 0 spiro atoms. The van der Waals surface area contributed by atoms with E-state index in [9.17, 15) is 9.18 Å². The molecule has 96 valence electrons. The maximum absolute atomic E-state index is 12.6. The molecule has 1 aliphatic carbocycles. The van der Waals surface area contributed by atoms with E-state index in [-0.39, 0.29) is 5.82 Å². The van der Waals surface area contributed by atoms with E-state index in [1.54, 1.807) is 0 Å². The van der Waals surface area contributed by atoms with Gasteiger partial charge in [-0.2, -0.15) is 0 Å². The molecule has 1 N–H and O–H groups in total. The molecule has 0 atom stereocenters. The number of hydrogen-bond donors (Lipinski definition) is 1. The van der Waals surface area contributed by atoms with E-state index in [1.807, 2.05) is 0 Å². The summed E-state index contributed by atoms with van der Waals surface area (Å²) in [4.78, 5) is 16.2. The van der Waals surface area contributed by atoms with Crippen molar-refractivity contribution < 1.29 is 14.0 Å². The van der Waals surface area contributed by atoms with Gasteiger partial charge < -0.3 is 0 Å². The molecule has 0 radical (unpaired) electrons. The fraction of sp³-hybridized carbons (Fsp3) is 0.385. The van der Waals surface area contributed by atoms with Gasteiger partial charge in [0.25, 0.3) is 0 Å². The van der Waals surface area contributed by atoms with Crippen molar-refractivity contribution in [3.8, 4) is 0 Å². The Labute approximate surface area is 105 Å². The molecule has 0 unspecified atom stereocenters. The molecule has 1 amide bonds. The molecule has 1 aliphatic rings. The Kier molecular flexibility index (Phi) is 4.28. The highest BCUT2D eigenvalue weighted by Crippen LogP contribution is 2.15. The van der Waals surface area contributed by atoms with Crippen LogP contribution in [0.2, 0.25) is 0 Å². The zero-order valence-corrected chi connectivity index (χ0v) is 9.99. The third kappa shape index (κ3) is 3.84. The van der Waals surface area contributed by atoms with Crippen LogP contribution in [0.4, 0.5) is 14.9 Å². The predicted molar refractivity (Wildman–Crippen MR) is 67.0 cm³/mol. The zero-order chi connectivity index (χ0) is 12.8. The number of anilines is 1. The fourth-order valence-electron chi connectivity index (χ4n) is 1.83. The van der Waals surface area contributed by atoms with Crippen LogP contribution in [-0.2, 0) is 4.84 Å². The highest BCUT2D eigenvalue weighted by atomic mass is 19.1. The summed E-state index contributed by atoms with van der Waals surface area (Å²) in [6, 6.07) is 5.46. The van der Waals surface area contributed by atoms with Gasteiger partial charge in [0.1, 0.15) is 5.82 Å². The summed E-state index contributed by atoms with van der Waals surface area (Å²) in [6.07, 6.45) is 4.54. The predicted octanol–water partition coefficient (Wildman–Crippen LogP) is 3.69. The lowest BCUT2D eigenvalue weighted by atomic mass is 9.99. The first-order valence-corrected chi connectivity index (χ1v) is 6.03. The van der Waals surface area contributed by atoms with Gasteiger partial charge in [-0.3, -0.25) is 10.2 Å². The van der Waals surface area contributed by atoms with Gasteiger partial charge in [-0.05, 0) is 49.9 Å². The van der Waals surface area contributed by atoms with Crippen molar-refractivity contribution in [2.75, 3.05) is 5.32 Å². The number of oxime groups is 1. The smallest absolute Gasteiger partial charge is 0.298 e. The normalized spacial score (nSPS) is 15.1. The van der Waals surface area contributed by atoms with Crippen molar-refractivity contribution in [2.24, 2.45) is 5.16 Å². The van der Waals surface area contributed by atoms with Crippen LogP contribution in [0, 0.1) is 5.82 Å². The first kappa shape index (κ1) is 12.5. The molecule has 5 heteroatoms. The van der Waals surface area contributed by atoms with E-state index in [0.717, 1.165) is 31.4 Å². The number of rotatable bonds is 2. The van der Waals surface area contributed by atoms with Crippen molar-refractivity contribution in [3.05, 3.63) is 30.1 Å². The van der Waals surface area contributed by atoms with E-state index in [4.69, 9.17) is 4.84 Å². The van der Waals surface area contributed by atoms with Gasteiger partial charge in [-0.1, -0.05) is 11.6 Å². The molecule has 2 rings (SSSR count). The van der Waals surface area contributed by atoms with Crippen molar-refractivity contribution >= 4 is 17.5 Å². The third-order valence-corrected chi connectivity index (χ3v) is 2.78. The second-order valence-corrected chi connectivity index (χ2v) is 4.23. The lowest BCUT2D eigenvalue weighted by molar-refractivity contribution is 0.165. The summed E-state index contributed by atoms with van der Waals surface area (Å²) in [5, 5.41) is 6.30. The highest BCUT2D eigenvalue weighted by Gasteiger charge is 2.09. The molecule has 0 bridgehead atoms. The molecular weight excluding hydrogens is 235 g/mol. The van der Waals surface area contributed by atoms with Gasteiger partial charge in [0.05, 0.1) is 5.71 Å². The van der Waals surface area contributed by atoms with Gasteiger partial charge in [0, 0.05) is 5.69 Å². The standard InChI is InChI=1S/C13H15FN2O2/c14-10-6-8-11(9-7-10)15-13(17)18-16-12-4-2-1-3-5-12/h6-9H,1-5H2,(H,15,17). The lowest BCUT2D eigenvalue weighted by Gasteiger charge is -2.11. The number of hydrogen-bond acceptors (Lipinski definition) is 3. The first-order valence-electron chi connectivity index (χ1n) is 6.03. The number of carbonyl (C=O) groups is 1. The zero-order valence-electron chi connectivity index (χ0n) is 9.99. The number of benzene rings is 1. The van der Waals surface area contributed by atoms with Gasteiger partial charge in [-0.15, -0.1) is 0 Å². The van der Waals surface area contributed by atoms with Crippen molar-refractivity contribution in [1.82, 2.24) is 0 Å². The molecule has 1 saturated carbocycles. The monoisotopic (exact) mass is 250 g/mol. The van der Waals surface area contributed by atoms with Crippen LogP contribution < -0.4 is 5.32 Å². The number of nitrogens with zero attached hydrogens (tertiary/aromatic N) is 1. The summed E-state index contributed by atoms with van der Waals surface area (Å²) in [7, 11) is 0. The number of halogens is 1.